The lowest BCUT2D eigenvalue weighted by Gasteiger charge is -2.32. The number of aromatic amines is 2. The van der Waals surface area contributed by atoms with Crippen molar-refractivity contribution in [3.63, 3.8) is 0 Å². The predicted molar refractivity (Wildman–Crippen MR) is 244 cm³/mol. The molecule has 2 amide bonds. The van der Waals surface area contributed by atoms with Crippen molar-refractivity contribution in [1.29, 1.82) is 0 Å². The van der Waals surface area contributed by atoms with E-state index >= 15 is 0 Å². The molecule has 18 heteroatoms. The van der Waals surface area contributed by atoms with Crippen molar-refractivity contribution in [2.24, 2.45) is 0 Å². The molecule has 0 atom stereocenters. The number of anilines is 2. The summed E-state index contributed by atoms with van der Waals surface area (Å²) in [5.41, 5.74) is 6.28. The predicted octanol–water partition coefficient (Wildman–Crippen LogP) is 10.5. The molecule has 0 unspecified atom stereocenters. The van der Waals surface area contributed by atoms with Gasteiger partial charge < -0.3 is 29.9 Å². The van der Waals surface area contributed by atoms with E-state index in [0.717, 1.165) is 58.4 Å². The van der Waals surface area contributed by atoms with Gasteiger partial charge in [0.05, 0.1) is 16.9 Å². The quantitative estimate of drug-likeness (QED) is 0.0771. The van der Waals surface area contributed by atoms with E-state index in [1.54, 1.807) is 6.92 Å². The monoisotopic (exact) mass is 920 g/mol. The van der Waals surface area contributed by atoms with Gasteiger partial charge in [-0.3, -0.25) is 9.59 Å². The van der Waals surface area contributed by atoms with E-state index in [2.05, 4.69) is 114 Å². The van der Waals surface area contributed by atoms with E-state index in [1.807, 2.05) is 54.9 Å². The summed E-state index contributed by atoms with van der Waals surface area (Å²) in [6, 6.07) is 24.1. The van der Waals surface area contributed by atoms with Crippen molar-refractivity contribution < 1.29 is 18.9 Å². The van der Waals surface area contributed by atoms with Gasteiger partial charge in [-0.05, 0) is 116 Å². The summed E-state index contributed by atoms with van der Waals surface area (Å²) in [5, 5.41) is 8.82. The topological polar surface area (TPSA) is 160 Å². The highest BCUT2D eigenvalue weighted by Gasteiger charge is 2.51. The van der Waals surface area contributed by atoms with Gasteiger partial charge in [0.2, 0.25) is 11.8 Å². The van der Waals surface area contributed by atoms with Crippen molar-refractivity contribution in [2.45, 2.75) is 64.5 Å². The lowest BCUT2D eigenvalue weighted by atomic mass is 9.79. The maximum absolute atomic E-state index is 11.1. The number of carbonyl (C=O) groups excluding carboxylic acids is 2. The smallest absolute Gasteiger partial charge is 0.399 e. The number of thiazole rings is 2. The first-order valence-electron chi connectivity index (χ1n) is 18.0. The molecule has 0 aliphatic carbocycles. The molecular formula is C40H40BBrCl2N8O4S2. The Morgan fingerprint density at radius 3 is 1.78 bits per heavy atom. The number of aromatic nitrogens is 6. The second kappa shape index (κ2) is 18.2. The van der Waals surface area contributed by atoms with Crippen LogP contribution in [0.2, 0.25) is 0 Å². The Kier molecular flexibility index (Phi) is 13.6. The van der Waals surface area contributed by atoms with Crippen molar-refractivity contribution in [3.05, 3.63) is 89.8 Å². The highest BCUT2D eigenvalue weighted by atomic mass is 79.9. The molecule has 7 heterocycles. The summed E-state index contributed by atoms with van der Waals surface area (Å²) in [6.07, 6.45) is 3.87. The van der Waals surface area contributed by atoms with E-state index in [1.165, 1.54) is 41.9 Å². The second-order valence-corrected chi connectivity index (χ2v) is 18.4. The average molecular weight is 923 g/mol. The third kappa shape index (κ3) is 10.8. The van der Waals surface area contributed by atoms with Crippen LogP contribution in [0, 0.1) is 0 Å². The zero-order valence-corrected chi connectivity index (χ0v) is 37.3. The van der Waals surface area contributed by atoms with Gasteiger partial charge in [0, 0.05) is 48.2 Å². The number of benzene rings is 2. The average Bonchev–Trinajstić information content (AvgIpc) is 3.97. The lowest BCUT2D eigenvalue weighted by Crippen LogP contribution is -2.41. The normalized spacial score (nSPS) is 14.1. The van der Waals surface area contributed by atoms with Gasteiger partial charge >= 0.3 is 7.12 Å². The zero-order chi connectivity index (χ0) is 41.8. The number of H-pyrrole nitrogens is 2. The van der Waals surface area contributed by atoms with Crippen LogP contribution in [0.1, 0.15) is 48.5 Å². The number of halogens is 3. The van der Waals surface area contributed by atoms with Gasteiger partial charge in [-0.25, -0.2) is 19.9 Å². The standard InChI is InChI=1S/C16H12N4OS.C14H18BNO2.C8H6BrN3OS.C2H4Cl2/c1-9(21)18-16-20-14-5-4-13(19-15(14)22-16)10-2-3-12-11(8-10)6-7-17-12;1-13(2)14(3,4)18-15(17-13)11-5-6-12-10(9-11)7-8-16-12;1-4(13)10-8-11-5-2-3-6(9)12-7(5)14-8;1-2(3)4/h2-8,17H,1H3,(H,18,20,21);5-9,16H,1-4H3;2-3H,1H3,(H,10,11,13);2H,1H3. The number of hydrogen-bond donors (Lipinski definition) is 4. The Morgan fingerprint density at radius 1 is 0.724 bits per heavy atom. The minimum Gasteiger partial charge on any atom is -0.399 e. The van der Waals surface area contributed by atoms with Crippen molar-refractivity contribution >= 4 is 139 Å². The number of fused-ring (bicyclic) bond motifs is 4. The fourth-order valence-corrected chi connectivity index (χ4v) is 7.79. The molecule has 300 valence electrons. The number of nitrogens with zero attached hydrogens (tertiary/aromatic N) is 4. The van der Waals surface area contributed by atoms with Crippen LogP contribution >= 0.6 is 61.8 Å². The molecule has 2 aromatic carbocycles. The SMILES string of the molecule is CC(=O)Nc1nc2ccc(-c3ccc4[nH]ccc4c3)nc2s1.CC(=O)Nc1nc2ccc(Br)nc2s1.CC(Cl)Cl.CC1(C)OB(c2ccc3[nH]ccc3c2)OC1(C)C. The third-order valence-electron chi connectivity index (χ3n) is 8.99. The van der Waals surface area contributed by atoms with Crippen LogP contribution in [0.5, 0.6) is 0 Å². The Bertz CT molecular complexity index is 2700. The van der Waals surface area contributed by atoms with E-state index in [0.29, 0.717) is 10.3 Å². The van der Waals surface area contributed by atoms with E-state index in [-0.39, 0.29) is 35.0 Å². The number of alkyl halides is 2. The van der Waals surface area contributed by atoms with Crippen LogP contribution < -0.4 is 16.1 Å². The van der Waals surface area contributed by atoms with Crippen molar-refractivity contribution in [3.8, 4) is 11.3 Å². The first kappa shape index (κ1) is 43.2. The first-order chi connectivity index (χ1) is 27.5. The molecule has 0 spiro atoms. The van der Waals surface area contributed by atoms with Gasteiger partial charge in [0.15, 0.2) is 10.3 Å². The van der Waals surface area contributed by atoms with Gasteiger partial charge in [0.1, 0.15) is 30.1 Å². The van der Waals surface area contributed by atoms with Gasteiger partial charge in [-0.2, -0.15) is 0 Å². The summed E-state index contributed by atoms with van der Waals surface area (Å²) < 4.78 is 12.9. The molecule has 8 aromatic rings. The Hall–Kier alpha value is -4.42. The van der Waals surface area contributed by atoms with Crippen LogP contribution in [0.15, 0.2) is 89.8 Å². The number of nitrogens with one attached hydrogen (secondary N) is 4. The third-order valence-corrected chi connectivity index (χ3v) is 11.2. The van der Waals surface area contributed by atoms with Crippen molar-refractivity contribution in [2.75, 3.05) is 10.6 Å². The first-order valence-corrected chi connectivity index (χ1v) is 21.3. The van der Waals surface area contributed by atoms with Crippen molar-refractivity contribution in [1.82, 2.24) is 29.9 Å². The van der Waals surface area contributed by atoms with Gasteiger partial charge in [-0.1, -0.05) is 40.9 Å². The van der Waals surface area contributed by atoms with Crippen LogP contribution in [0.3, 0.4) is 0 Å². The maximum Gasteiger partial charge on any atom is 0.494 e. The number of amides is 2. The minimum atomic E-state index is -0.287. The number of hydrogen-bond acceptors (Lipinski definition) is 10. The number of pyridine rings is 2. The molecule has 1 saturated heterocycles. The van der Waals surface area contributed by atoms with E-state index < -0.39 is 0 Å². The summed E-state index contributed by atoms with van der Waals surface area (Å²) in [6.45, 7) is 12.9. The maximum atomic E-state index is 11.1. The van der Waals surface area contributed by atoms with E-state index in [9.17, 15) is 9.59 Å². The lowest BCUT2D eigenvalue weighted by molar-refractivity contribution is -0.115. The minimum absolute atomic E-state index is 0.122. The molecule has 12 nitrogen and oxygen atoms in total. The zero-order valence-electron chi connectivity index (χ0n) is 32.6. The largest absolute Gasteiger partial charge is 0.494 e. The molecule has 1 fully saturated rings. The molecular weight excluding hydrogens is 882 g/mol. The van der Waals surface area contributed by atoms with Crippen LogP contribution in [-0.2, 0) is 18.9 Å². The number of rotatable bonds is 4. The molecule has 0 radical (unpaired) electrons. The molecule has 4 N–H and O–H groups in total. The highest BCUT2D eigenvalue weighted by Crippen LogP contribution is 2.36. The molecule has 6 aromatic heterocycles. The Balaban J connectivity index is 0.000000143. The highest BCUT2D eigenvalue weighted by molar-refractivity contribution is 9.10. The van der Waals surface area contributed by atoms with Crippen LogP contribution in [0.25, 0.3) is 53.8 Å². The Labute approximate surface area is 361 Å². The molecule has 58 heavy (non-hydrogen) atoms. The second-order valence-electron chi connectivity index (χ2n) is 14.1. The molecule has 0 bridgehead atoms. The molecule has 0 saturated carbocycles. The Morgan fingerprint density at radius 2 is 1.22 bits per heavy atom. The fraction of sp³-hybridized carbons (Fsp3) is 0.250. The molecule has 1 aliphatic heterocycles. The van der Waals surface area contributed by atoms with Gasteiger partial charge in [-0.15, -0.1) is 23.2 Å². The number of carbonyl (C=O) groups is 2. The van der Waals surface area contributed by atoms with Gasteiger partial charge in [0.25, 0.3) is 0 Å². The molecule has 9 rings (SSSR count). The summed E-state index contributed by atoms with van der Waals surface area (Å²) in [5.74, 6) is -0.250. The fourth-order valence-electron chi connectivity index (χ4n) is 5.59. The van der Waals surface area contributed by atoms with Crippen LogP contribution in [-0.4, -0.2) is 64.9 Å². The summed E-state index contributed by atoms with van der Waals surface area (Å²) >= 11 is 16.1. The summed E-state index contributed by atoms with van der Waals surface area (Å²) in [4.78, 5) is 47.1. The van der Waals surface area contributed by atoms with Crippen LogP contribution in [0.4, 0.5) is 10.3 Å². The van der Waals surface area contributed by atoms with E-state index in [4.69, 9.17) is 32.5 Å². The molecule has 1 aliphatic rings. The summed E-state index contributed by atoms with van der Waals surface area (Å²) in [7, 11) is -0.283.